The molecule has 1 unspecified atom stereocenters. The number of thiophene rings is 1. The Bertz CT molecular complexity index is 976. The SMILES string of the molecule is CC1(C(=O)NS(=O)(=O)Cc2cccc(Cl)c2)CCN1C(=O)CCc1cccs1. The number of amides is 2. The molecule has 0 aliphatic carbocycles. The van der Waals surface area contributed by atoms with Crippen molar-refractivity contribution in [1.29, 1.82) is 0 Å². The van der Waals surface area contributed by atoms with E-state index in [2.05, 4.69) is 4.72 Å². The van der Waals surface area contributed by atoms with Gasteiger partial charge in [-0.05, 0) is 48.9 Å². The number of aryl methyl sites for hydroxylation is 1. The normalized spacial score (nSPS) is 19.1. The van der Waals surface area contributed by atoms with Gasteiger partial charge in [0, 0.05) is 22.9 Å². The highest BCUT2D eigenvalue weighted by molar-refractivity contribution is 7.89. The average molecular weight is 441 g/mol. The van der Waals surface area contributed by atoms with Crippen molar-refractivity contribution >= 4 is 44.8 Å². The molecule has 2 aromatic rings. The molecule has 0 radical (unpaired) electrons. The van der Waals surface area contributed by atoms with E-state index in [0.29, 0.717) is 36.4 Å². The Morgan fingerprint density at radius 1 is 1.29 bits per heavy atom. The molecule has 28 heavy (non-hydrogen) atoms. The molecule has 9 heteroatoms. The third kappa shape index (κ3) is 4.74. The van der Waals surface area contributed by atoms with E-state index >= 15 is 0 Å². The van der Waals surface area contributed by atoms with Crippen LogP contribution in [0.2, 0.25) is 5.02 Å². The van der Waals surface area contributed by atoms with Crippen LogP contribution in [0.25, 0.3) is 0 Å². The largest absolute Gasteiger partial charge is 0.328 e. The first-order chi connectivity index (χ1) is 13.2. The van der Waals surface area contributed by atoms with Crippen LogP contribution >= 0.6 is 22.9 Å². The van der Waals surface area contributed by atoms with Crippen LogP contribution < -0.4 is 4.72 Å². The Morgan fingerprint density at radius 3 is 2.68 bits per heavy atom. The van der Waals surface area contributed by atoms with Crippen LogP contribution in [0.5, 0.6) is 0 Å². The summed E-state index contributed by atoms with van der Waals surface area (Å²) in [7, 11) is -3.90. The number of likely N-dealkylation sites (tertiary alicyclic amines) is 1. The third-order valence-corrected chi connectivity index (χ3v) is 7.25. The van der Waals surface area contributed by atoms with E-state index < -0.39 is 21.5 Å². The highest BCUT2D eigenvalue weighted by Gasteiger charge is 2.50. The van der Waals surface area contributed by atoms with Crippen molar-refractivity contribution in [2.24, 2.45) is 0 Å². The molecule has 1 N–H and O–H groups in total. The molecular weight excluding hydrogens is 420 g/mol. The monoisotopic (exact) mass is 440 g/mol. The molecule has 1 aromatic heterocycles. The predicted molar refractivity (Wildman–Crippen MR) is 110 cm³/mol. The van der Waals surface area contributed by atoms with E-state index in [1.165, 1.54) is 11.0 Å². The molecule has 3 rings (SSSR count). The molecule has 2 heterocycles. The van der Waals surface area contributed by atoms with Crippen LogP contribution in [0.15, 0.2) is 41.8 Å². The predicted octanol–water partition coefficient (Wildman–Crippen LogP) is 2.97. The van der Waals surface area contributed by atoms with Crippen molar-refractivity contribution in [3.63, 3.8) is 0 Å². The number of nitrogens with one attached hydrogen (secondary N) is 1. The standard InChI is InChI=1S/C19H21ClN2O4S2/c1-19(9-10-22(19)17(23)8-7-16-6-3-11-27-16)18(24)21-28(25,26)13-14-4-2-5-15(20)12-14/h2-6,11-12H,7-10,13H2,1H3,(H,21,24). The summed E-state index contributed by atoms with van der Waals surface area (Å²) < 4.78 is 26.9. The summed E-state index contributed by atoms with van der Waals surface area (Å²) in [5.41, 5.74) is -0.663. The fourth-order valence-electron chi connectivity index (χ4n) is 3.15. The van der Waals surface area contributed by atoms with Gasteiger partial charge in [0.15, 0.2) is 0 Å². The summed E-state index contributed by atoms with van der Waals surface area (Å²) in [4.78, 5) is 27.7. The van der Waals surface area contributed by atoms with Gasteiger partial charge in [-0.3, -0.25) is 14.3 Å². The number of carbonyl (C=O) groups is 2. The zero-order chi connectivity index (χ0) is 20.4. The van der Waals surface area contributed by atoms with Crippen LogP contribution in [-0.2, 0) is 31.8 Å². The third-order valence-electron chi connectivity index (χ3n) is 4.87. The van der Waals surface area contributed by atoms with Crippen molar-refractivity contribution < 1.29 is 18.0 Å². The maximum absolute atomic E-state index is 12.7. The highest BCUT2D eigenvalue weighted by atomic mass is 35.5. The summed E-state index contributed by atoms with van der Waals surface area (Å²) in [5.74, 6) is -1.18. The molecular formula is C19H21ClN2O4S2. The first kappa shape index (κ1) is 20.8. The Kier molecular flexibility index (Phi) is 6.12. The molecule has 1 aliphatic heterocycles. The molecule has 150 valence electrons. The first-order valence-electron chi connectivity index (χ1n) is 8.82. The lowest BCUT2D eigenvalue weighted by molar-refractivity contribution is -0.156. The molecule has 0 bridgehead atoms. The van der Waals surface area contributed by atoms with E-state index in [4.69, 9.17) is 11.6 Å². The van der Waals surface area contributed by atoms with Crippen LogP contribution in [0.3, 0.4) is 0 Å². The van der Waals surface area contributed by atoms with Crippen molar-refractivity contribution in [3.05, 3.63) is 57.2 Å². The van der Waals surface area contributed by atoms with Gasteiger partial charge >= 0.3 is 0 Å². The maximum atomic E-state index is 12.7. The molecule has 0 saturated carbocycles. The lowest BCUT2D eigenvalue weighted by Gasteiger charge is -2.49. The van der Waals surface area contributed by atoms with Crippen LogP contribution in [0.4, 0.5) is 0 Å². The number of carbonyl (C=O) groups excluding carboxylic acids is 2. The lowest BCUT2D eigenvalue weighted by atomic mass is 9.85. The zero-order valence-electron chi connectivity index (χ0n) is 15.4. The number of rotatable bonds is 7. The average Bonchev–Trinajstić information content (AvgIpc) is 3.11. The second-order valence-corrected chi connectivity index (χ2v) is 10.2. The van der Waals surface area contributed by atoms with Gasteiger partial charge in [0.1, 0.15) is 5.54 Å². The van der Waals surface area contributed by atoms with Gasteiger partial charge in [0.05, 0.1) is 5.75 Å². The second-order valence-electron chi connectivity index (χ2n) is 6.97. The minimum Gasteiger partial charge on any atom is -0.328 e. The Labute approximate surface area is 173 Å². The van der Waals surface area contributed by atoms with Gasteiger partial charge < -0.3 is 4.90 Å². The number of nitrogens with zero attached hydrogens (tertiary/aromatic N) is 1. The van der Waals surface area contributed by atoms with Gasteiger partial charge in [-0.2, -0.15) is 0 Å². The molecule has 1 aliphatic rings. The summed E-state index contributed by atoms with van der Waals surface area (Å²) in [6.07, 6.45) is 1.33. The summed E-state index contributed by atoms with van der Waals surface area (Å²) in [5, 5.41) is 2.37. The van der Waals surface area contributed by atoms with Crippen molar-refractivity contribution in [2.45, 2.75) is 37.5 Å². The molecule has 2 amide bonds. The van der Waals surface area contributed by atoms with E-state index in [1.807, 2.05) is 17.5 Å². The molecule has 1 atom stereocenters. The van der Waals surface area contributed by atoms with Gasteiger partial charge in [-0.25, -0.2) is 8.42 Å². The number of hydrogen-bond acceptors (Lipinski definition) is 5. The minimum absolute atomic E-state index is 0.149. The number of benzene rings is 1. The van der Waals surface area contributed by atoms with Gasteiger partial charge in [0.2, 0.25) is 15.9 Å². The molecule has 1 saturated heterocycles. The summed E-state index contributed by atoms with van der Waals surface area (Å²) in [6.45, 7) is 2.05. The Hall–Kier alpha value is -1.90. The second kappa shape index (κ2) is 8.23. The highest BCUT2D eigenvalue weighted by Crippen LogP contribution is 2.32. The van der Waals surface area contributed by atoms with E-state index in [9.17, 15) is 18.0 Å². The molecule has 1 aromatic carbocycles. The fourth-order valence-corrected chi connectivity index (χ4v) is 5.26. The maximum Gasteiger partial charge on any atom is 0.259 e. The van der Waals surface area contributed by atoms with E-state index in [0.717, 1.165) is 4.88 Å². The van der Waals surface area contributed by atoms with Gasteiger partial charge in [-0.15, -0.1) is 11.3 Å². The zero-order valence-corrected chi connectivity index (χ0v) is 17.7. The summed E-state index contributed by atoms with van der Waals surface area (Å²) in [6, 6.07) is 10.3. The smallest absolute Gasteiger partial charge is 0.259 e. The Balaban J connectivity index is 1.61. The fraction of sp³-hybridized carbons (Fsp3) is 0.368. The number of halogens is 1. The van der Waals surface area contributed by atoms with Crippen LogP contribution in [-0.4, -0.2) is 37.2 Å². The van der Waals surface area contributed by atoms with Crippen LogP contribution in [0, 0.1) is 0 Å². The molecule has 6 nitrogen and oxygen atoms in total. The molecule has 1 fully saturated rings. The quantitative estimate of drug-likeness (QED) is 0.717. The molecule has 0 spiro atoms. The van der Waals surface area contributed by atoms with Crippen LogP contribution in [0.1, 0.15) is 30.2 Å². The van der Waals surface area contributed by atoms with E-state index in [1.54, 1.807) is 36.5 Å². The summed E-state index contributed by atoms with van der Waals surface area (Å²) >= 11 is 7.46. The lowest BCUT2D eigenvalue weighted by Crippen LogP contribution is -2.67. The van der Waals surface area contributed by atoms with Crippen molar-refractivity contribution in [3.8, 4) is 0 Å². The first-order valence-corrected chi connectivity index (χ1v) is 11.7. The Morgan fingerprint density at radius 2 is 2.07 bits per heavy atom. The van der Waals surface area contributed by atoms with Crippen molar-refractivity contribution in [1.82, 2.24) is 9.62 Å². The number of sulfonamides is 1. The van der Waals surface area contributed by atoms with E-state index in [-0.39, 0.29) is 11.7 Å². The van der Waals surface area contributed by atoms with Gasteiger partial charge in [-0.1, -0.05) is 29.8 Å². The minimum atomic E-state index is -3.90. The number of hydrogen-bond donors (Lipinski definition) is 1. The van der Waals surface area contributed by atoms with Crippen molar-refractivity contribution in [2.75, 3.05) is 6.54 Å². The van der Waals surface area contributed by atoms with Gasteiger partial charge in [0.25, 0.3) is 5.91 Å². The topological polar surface area (TPSA) is 83.6 Å².